The molecule has 1 heterocycles. The van der Waals surface area contributed by atoms with Crippen molar-refractivity contribution >= 4 is 17.5 Å². The van der Waals surface area contributed by atoms with E-state index < -0.39 is 0 Å². The van der Waals surface area contributed by atoms with Gasteiger partial charge in [-0.1, -0.05) is 18.2 Å². The fourth-order valence-corrected chi connectivity index (χ4v) is 2.82. The van der Waals surface area contributed by atoms with Gasteiger partial charge in [-0.05, 0) is 49.4 Å². The molecule has 0 atom stereocenters. The van der Waals surface area contributed by atoms with Crippen molar-refractivity contribution in [3.05, 3.63) is 65.7 Å². The zero-order valence-electron chi connectivity index (χ0n) is 14.5. The Balaban J connectivity index is 1.69. The Bertz CT molecular complexity index is 731. The summed E-state index contributed by atoms with van der Waals surface area (Å²) < 4.78 is 10.9. The number of morpholine rings is 1. The van der Waals surface area contributed by atoms with Crippen LogP contribution in [0.15, 0.2) is 54.6 Å². The Labute approximate surface area is 148 Å². The minimum Gasteiger partial charge on any atom is -0.493 e. The normalized spacial score (nSPS) is 14.7. The van der Waals surface area contributed by atoms with Crippen LogP contribution in [0.2, 0.25) is 0 Å². The van der Waals surface area contributed by atoms with Crippen LogP contribution in [0, 0.1) is 0 Å². The number of rotatable bonds is 6. The zero-order chi connectivity index (χ0) is 17.5. The molecule has 0 saturated carbocycles. The number of benzene rings is 2. The third-order valence-corrected chi connectivity index (χ3v) is 4.16. The smallest absolute Gasteiger partial charge is 0.185 e. The molecular formula is C21H23NO3. The second-order valence-corrected chi connectivity index (χ2v) is 5.81. The SMILES string of the molecule is CCOc1ccccc1C=CC(=O)c1ccc(N2CCOCC2)cc1. The summed E-state index contributed by atoms with van der Waals surface area (Å²) in [6.45, 7) is 5.83. The fourth-order valence-electron chi connectivity index (χ4n) is 2.82. The number of anilines is 1. The Morgan fingerprint density at radius 1 is 1.12 bits per heavy atom. The van der Waals surface area contributed by atoms with Crippen LogP contribution in [0.5, 0.6) is 5.75 Å². The highest BCUT2D eigenvalue weighted by molar-refractivity contribution is 6.07. The standard InChI is InChI=1S/C21H23NO3/c1-2-25-21-6-4-3-5-18(21)9-12-20(23)17-7-10-19(11-8-17)22-13-15-24-16-14-22/h3-12H,2,13-16H2,1H3. The average Bonchev–Trinajstić information content (AvgIpc) is 2.68. The summed E-state index contributed by atoms with van der Waals surface area (Å²) in [4.78, 5) is 14.7. The summed E-state index contributed by atoms with van der Waals surface area (Å²) in [6.07, 6.45) is 3.41. The van der Waals surface area contributed by atoms with Crippen LogP contribution in [0.1, 0.15) is 22.8 Å². The molecule has 1 saturated heterocycles. The van der Waals surface area contributed by atoms with Crippen molar-refractivity contribution in [2.24, 2.45) is 0 Å². The van der Waals surface area contributed by atoms with Crippen LogP contribution in [0.3, 0.4) is 0 Å². The highest BCUT2D eigenvalue weighted by Crippen LogP contribution is 2.20. The summed E-state index contributed by atoms with van der Waals surface area (Å²) in [5.41, 5.74) is 2.72. The molecule has 3 rings (SSSR count). The third-order valence-electron chi connectivity index (χ3n) is 4.16. The van der Waals surface area contributed by atoms with Gasteiger partial charge in [-0.25, -0.2) is 0 Å². The van der Waals surface area contributed by atoms with Gasteiger partial charge < -0.3 is 14.4 Å². The van der Waals surface area contributed by atoms with Crippen LogP contribution < -0.4 is 9.64 Å². The first-order valence-corrected chi connectivity index (χ1v) is 8.65. The number of hydrogen-bond acceptors (Lipinski definition) is 4. The van der Waals surface area contributed by atoms with Crippen molar-refractivity contribution in [1.82, 2.24) is 0 Å². The summed E-state index contributed by atoms with van der Waals surface area (Å²) in [5, 5.41) is 0. The largest absolute Gasteiger partial charge is 0.493 e. The van der Waals surface area contributed by atoms with Crippen LogP contribution in [-0.2, 0) is 4.74 Å². The maximum atomic E-state index is 12.4. The fraction of sp³-hybridized carbons (Fsp3) is 0.286. The van der Waals surface area contributed by atoms with E-state index in [1.54, 1.807) is 6.08 Å². The summed E-state index contributed by atoms with van der Waals surface area (Å²) in [7, 11) is 0. The molecule has 1 fully saturated rings. The van der Waals surface area contributed by atoms with Gasteiger partial charge in [0.1, 0.15) is 5.75 Å². The molecule has 0 aliphatic carbocycles. The topological polar surface area (TPSA) is 38.8 Å². The van der Waals surface area contributed by atoms with Crippen molar-refractivity contribution < 1.29 is 14.3 Å². The molecule has 0 unspecified atom stereocenters. The first-order chi connectivity index (χ1) is 12.3. The van der Waals surface area contributed by atoms with E-state index in [2.05, 4.69) is 4.90 Å². The third kappa shape index (κ3) is 4.48. The van der Waals surface area contributed by atoms with E-state index in [-0.39, 0.29) is 5.78 Å². The van der Waals surface area contributed by atoms with Gasteiger partial charge >= 0.3 is 0 Å². The number of carbonyl (C=O) groups is 1. The van der Waals surface area contributed by atoms with Crippen molar-refractivity contribution in [3.8, 4) is 5.75 Å². The van der Waals surface area contributed by atoms with E-state index in [4.69, 9.17) is 9.47 Å². The number of nitrogens with zero attached hydrogens (tertiary/aromatic N) is 1. The maximum absolute atomic E-state index is 12.4. The molecule has 2 aromatic carbocycles. The summed E-state index contributed by atoms with van der Waals surface area (Å²) in [5.74, 6) is 0.775. The number of ether oxygens (including phenoxy) is 2. The van der Waals surface area contributed by atoms with E-state index >= 15 is 0 Å². The number of carbonyl (C=O) groups excluding carboxylic acids is 1. The van der Waals surface area contributed by atoms with Crippen molar-refractivity contribution in [1.29, 1.82) is 0 Å². The average molecular weight is 337 g/mol. The number of para-hydroxylation sites is 1. The molecule has 0 bridgehead atoms. The Morgan fingerprint density at radius 2 is 1.84 bits per heavy atom. The number of ketones is 1. The van der Waals surface area contributed by atoms with Crippen LogP contribution in [0.4, 0.5) is 5.69 Å². The first-order valence-electron chi connectivity index (χ1n) is 8.65. The van der Waals surface area contributed by atoms with E-state index in [1.165, 1.54) is 0 Å². The lowest BCUT2D eigenvalue weighted by atomic mass is 10.1. The van der Waals surface area contributed by atoms with Crippen molar-refractivity contribution in [2.45, 2.75) is 6.92 Å². The van der Waals surface area contributed by atoms with Gasteiger partial charge in [0.25, 0.3) is 0 Å². The van der Waals surface area contributed by atoms with Gasteiger partial charge in [-0.2, -0.15) is 0 Å². The molecule has 1 aliphatic rings. The Kier molecular flexibility index (Phi) is 5.86. The molecule has 2 aromatic rings. The molecule has 0 N–H and O–H groups in total. The molecular weight excluding hydrogens is 314 g/mol. The van der Waals surface area contributed by atoms with Gasteiger partial charge in [-0.3, -0.25) is 4.79 Å². The zero-order valence-corrected chi connectivity index (χ0v) is 14.5. The lowest BCUT2D eigenvalue weighted by Gasteiger charge is -2.28. The lowest BCUT2D eigenvalue weighted by Crippen LogP contribution is -2.36. The second-order valence-electron chi connectivity index (χ2n) is 5.81. The van der Waals surface area contributed by atoms with E-state index in [9.17, 15) is 4.79 Å². The minimum absolute atomic E-state index is 0.0140. The van der Waals surface area contributed by atoms with Gasteiger partial charge in [0.05, 0.1) is 19.8 Å². The highest BCUT2D eigenvalue weighted by atomic mass is 16.5. The summed E-state index contributed by atoms with van der Waals surface area (Å²) >= 11 is 0. The highest BCUT2D eigenvalue weighted by Gasteiger charge is 2.11. The number of allylic oxidation sites excluding steroid dienone is 1. The van der Waals surface area contributed by atoms with E-state index in [0.29, 0.717) is 12.2 Å². The molecule has 25 heavy (non-hydrogen) atoms. The Hall–Kier alpha value is -2.59. The van der Waals surface area contributed by atoms with Gasteiger partial charge in [0, 0.05) is 29.9 Å². The van der Waals surface area contributed by atoms with E-state index in [1.807, 2.05) is 61.5 Å². The second kappa shape index (κ2) is 8.49. The maximum Gasteiger partial charge on any atom is 0.185 e. The van der Waals surface area contributed by atoms with Crippen LogP contribution in [-0.4, -0.2) is 38.7 Å². The van der Waals surface area contributed by atoms with Gasteiger partial charge in [-0.15, -0.1) is 0 Å². The summed E-state index contributed by atoms with van der Waals surface area (Å²) in [6, 6.07) is 15.5. The van der Waals surface area contributed by atoms with Crippen LogP contribution >= 0.6 is 0 Å². The monoisotopic (exact) mass is 337 g/mol. The molecule has 0 aromatic heterocycles. The quantitative estimate of drug-likeness (QED) is 0.593. The molecule has 4 nitrogen and oxygen atoms in total. The van der Waals surface area contributed by atoms with Gasteiger partial charge in [0.15, 0.2) is 5.78 Å². The van der Waals surface area contributed by atoms with Crippen LogP contribution in [0.25, 0.3) is 6.08 Å². The predicted molar refractivity (Wildman–Crippen MR) is 100 cm³/mol. The van der Waals surface area contributed by atoms with Crippen molar-refractivity contribution in [2.75, 3.05) is 37.8 Å². The molecule has 0 spiro atoms. The minimum atomic E-state index is -0.0140. The predicted octanol–water partition coefficient (Wildman–Crippen LogP) is 3.82. The molecule has 4 heteroatoms. The van der Waals surface area contributed by atoms with E-state index in [0.717, 1.165) is 43.3 Å². The Morgan fingerprint density at radius 3 is 2.56 bits per heavy atom. The van der Waals surface area contributed by atoms with Crippen molar-refractivity contribution in [3.63, 3.8) is 0 Å². The first kappa shape index (κ1) is 17.2. The molecule has 0 amide bonds. The van der Waals surface area contributed by atoms with Gasteiger partial charge in [0.2, 0.25) is 0 Å². The molecule has 0 radical (unpaired) electrons. The molecule has 1 aliphatic heterocycles. The molecule has 130 valence electrons. The number of hydrogen-bond donors (Lipinski definition) is 0. The lowest BCUT2D eigenvalue weighted by molar-refractivity contribution is 0.104.